The van der Waals surface area contributed by atoms with Gasteiger partial charge in [-0.2, -0.15) is 21.6 Å². The predicted octanol–water partition coefficient (Wildman–Crippen LogP) is 3.60. The van der Waals surface area contributed by atoms with Gasteiger partial charge < -0.3 is 0 Å². The summed E-state index contributed by atoms with van der Waals surface area (Å²) in [5.41, 5.74) is -0.423. The van der Waals surface area contributed by atoms with Crippen LogP contribution in [-0.4, -0.2) is 20.8 Å². The average molecular weight is 358 g/mol. The van der Waals surface area contributed by atoms with Crippen molar-refractivity contribution < 1.29 is 30.6 Å². The summed E-state index contributed by atoms with van der Waals surface area (Å²) >= 11 is 0. The Bertz CT molecular complexity index is 840. The molecule has 4 nitrogen and oxygen atoms in total. The highest BCUT2D eigenvalue weighted by Gasteiger charge is 2.31. The maximum Gasteiger partial charge on any atom is 0.416 e. The second kappa shape index (κ2) is 6.74. The lowest BCUT2D eigenvalue weighted by atomic mass is 10.1. The van der Waals surface area contributed by atoms with Gasteiger partial charge in [-0.1, -0.05) is 29.8 Å². The molecule has 0 spiro atoms. The molecule has 24 heavy (non-hydrogen) atoms. The molecule has 0 amide bonds. The minimum atomic E-state index is -4.59. The number of benzene rings is 2. The van der Waals surface area contributed by atoms with E-state index in [-0.39, 0.29) is 10.5 Å². The van der Waals surface area contributed by atoms with Crippen LogP contribution in [0.2, 0.25) is 0 Å². The van der Waals surface area contributed by atoms with Crippen LogP contribution < -0.4 is 0 Å². The van der Waals surface area contributed by atoms with Gasteiger partial charge in [-0.3, -0.25) is 8.98 Å². The summed E-state index contributed by atoms with van der Waals surface area (Å²) in [5, 5.41) is 0. The number of alkyl halides is 3. The van der Waals surface area contributed by atoms with Gasteiger partial charge in [0.05, 0.1) is 10.5 Å². The summed E-state index contributed by atoms with van der Waals surface area (Å²) in [6.45, 7) is 0.895. The number of carbonyl (C=O) groups excluding carboxylic acids is 1. The second-order valence-corrected chi connectivity index (χ2v) is 6.65. The largest absolute Gasteiger partial charge is 0.416 e. The van der Waals surface area contributed by atoms with Crippen molar-refractivity contribution in [3.05, 3.63) is 65.2 Å². The first-order chi connectivity index (χ1) is 11.1. The summed E-state index contributed by atoms with van der Waals surface area (Å²) in [7, 11) is -4.16. The Morgan fingerprint density at radius 1 is 1.08 bits per heavy atom. The molecule has 0 aromatic heterocycles. The van der Waals surface area contributed by atoms with Gasteiger partial charge in [-0.15, -0.1) is 0 Å². The highest BCUT2D eigenvalue weighted by molar-refractivity contribution is 7.86. The van der Waals surface area contributed by atoms with Gasteiger partial charge in [0.25, 0.3) is 10.1 Å². The third kappa shape index (κ3) is 4.42. The molecule has 8 heteroatoms. The van der Waals surface area contributed by atoms with Crippen molar-refractivity contribution in [1.29, 1.82) is 0 Å². The summed E-state index contributed by atoms with van der Waals surface area (Å²) in [5.74, 6) is -0.864. The van der Waals surface area contributed by atoms with E-state index < -0.39 is 34.2 Å². The lowest BCUT2D eigenvalue weighted by molar-refractivity contribution is -0.137. The Balaban J connectivity index is 2.12. The highest BCUT2D eigenvalue weighted by atomic mass is 32.2. The molecule has 0 bridgehead atoms. The van der Waals surface area contributed by atoms with Gasteiger partial charge in [0.2, 0.25) is 0 Å². The lowest BCUT2D eigenvalue weighted by Gasteiger charge is -2.09. The zero-order chi connectivity index (χ0) is 18.0. The van der Waals surface area contributed by atoms with Crippen LogP contribution in [0.15, 0.2) is 53.4 Å². The molecule has 128 valence electrons. The quantitative estimate of drug-likeness (QED) is 0.605. The van der Waals surface area contributed by atoms with Crippen molar-refractivity contribution in [2.45, 2.75) is 18.0 Å². The fourth-order valence-electron chi connectivity index (χ4n) is 1.86. The van der Waals surface area contributed by atoms with E-state index in [9.17, 15) is 26.4 Å². The van der Waals surface area contributed by atoms with E-state index in [1.54, 1.807) is 19.1 Å². The lowest BCUT2D eigenvalue weighted by Crippen LogP contribution is -2.15. The van der Waals surface area contributed by atoms with Crippen LogP contribution in [0.3, 0.4) is 0 Å². The van der Waals surface area contributed by atoms with Crippen LogP contribution in [0.1, 0.15) is 21.5 Å². The number of halogens is 3. The van der Waals surface area contributed by atoms with Crippen molar-refractivity contribution in [2.75, 3.05) is 6.61 Å². The molecule has 2 aromatic carbocycles. The molecule has 0 unspecified atom stereocenters. The van der Waals surface area contributed by atoms with Crippen molar-refractivity contribution in [3.63, 3.8) is 0 Å². The van der Waals surface area contributed by atoms with Crippen LogP contribution >= 0.6 is 0 Å². The summed E-state index contributed by atoms with van der Waals surface area (Å²) in [6.07, 6.45) is -4.59. The number of rotatable bonds is 5. The van der Waals surface area contributed by atoms with E-state index in [1.165, 1.54) is 18.2 Å². The average Bonchev–Trinajstić information content (AvgIpc) is 2.52. The van der Waals surface area contributed by atoms with E-state index in [0.717, 1.165) is 17.7 Å². The molecule has 0 aliphatic heterocycles. The predicted molar refractivity (Wildman–Crippen MR) is 80.1 cm³/mol. The molecule has 0 N–H and O–H groups in total. The van der Waals surface area contributed by atoms with Crippen LogP contribution in [0.25, 0.3) is 0 Å². The van der Waals surface area contributed by atoms with Crippen molar-refractivity contribution in [1.82, 2.24) is 0 Å². The number of ketones is 1. The SMILES string of the molecule is Cc1ccc(S(=O)(=O)OCC(=O)c2cccc(C(F)(F)F)c2)cc1. The third-order valence-electron chi connectivity index (χ3n) is 3.17. The molecule has 0 saturated carbocycles. The van der Waals surface area contributed by atoms with Crippen LogP contribution in [-0.2, 0) is 20.5 Å². The molecule has 0 fully saturated rings. The van der Waals surface area contributed by atoms with Crippen molar-refractivity contribution >= 4 is 15.9 Å². The van der Waals surface area contributed by atoms with Crippen LogP contribution in [0.5, 0.6) is 0 Å². The normalized spacial score (nSPS) is 12.2. The third-order valence-corrected chi connectivity index (χ3v) is 4.44. The monoisotopic (exact) mass is 358 g/mol. The van der Waals surface area contributed by atoms with Gasteiger partial charge in [0.15, 0.2) is 5.78 Å². The highest BCUT2D eigenvalue weighted by Crippen LogP contribution is 2.29. The minimum Gasteiger partial charge on any atom is -0.291 e. The van der Waals surface area contributed by atoms with Crippen molar-refractivity contribution in [3.8, 4) is 0 Å². The van der Waals surface area contributed by atoms with E-state index in [2.05, 4.69) is 4.18 Å². The Kier molecular flexibility index (Phi) is 5.10. The molecule has 0 aliphatic carbocycles. The topological polar surface area (TPSA) is 60.4 Å². The molecule has 0 aliphatic rings. The zero-order valence-electron chi connectivity index (χ0n) is 12.5. The molecule has 0 atom stereocenters. The maximum absolute atomic E-state index is 12.6. The summed E-state index contributed by atoms with van der Waals surface area (Å²) in [4.78, 5) is 11.8. The first-order valence-electron chi connectivity index (χ1n) is 6.76. The maximum atomic E-state index is 12.6. The van der Waals surface area contributed by atoms with Crippen molar-refractivity contribution in [2.24, 2.45) is 0 Å². The zero-order valence-corrected chi connectivity index (χ0v) is 13.3. The molecule has 2 aromatic rings. The second-order valence-electron chi connectivity index (χ2n) is 5.03. The van der Waals surface area contributed by atoms with Crippen LogP contribution in [0, 0.1) is 6.92 Å². The molecule has 0 saturated heterocycles. The van der Waals surface area contributed by atoms with Crippen LogP contribution in [0.4, 0.5) is 13.2 Å². The number of Topliss-reactive ketones (excluding diaryl/α,β-unsaturated/α-hetero) is 1. The Morgan fingerprint density at radius 2 is 1.71 bits per heavy atom. The molecule has 0 radical (unpaired) electrons. The van der Waals surface area contributed by atoms with E-state index >= 15 is 0 Å². The standard InChI is InChI=1S/C16H13F3O4S/c1-11-5-7-14(8-6-11)24(21,22)23-10-15(20)12-3-2-4-13(9-12)16(17,18)19/h2-9H,10H2,1H3. The molecular weight excluding hydrogens is 345 g/mol. The number of aryl methyl sites for hydroxylation is 1. The first kappa shape index (κ1) is 18.2. The van der Waals surface area contributed by atoms with E-state index in [1.807, 2.05) is 0 Å². The fourth-order valence-corrected chi connectivity index (χ4v) is 2.72. The van der Waals surface area contributed by atoms with Gasteiger partial charge in [-0.25, -0.2) is 0 Å². The molecular formula is C16H13F3O4S. The Morgan fingerprint density at radius 3 is 2.29 bits per heavy atom. The van der Waals surface area contributed by atoms with Gasteiger partial charge in [0, 0.05) is 5.56 Å². The van der Waals surface area contributed by atoms with Gasteiger partial charge >= 0.3 is 6.18 Å². The van der Waals surface area contributed by atoms with Gasteiger partial charge in [-0.05, 0) is 31.2 Å². The molecule has 0 heterocycles. The summed E-state index contributed by atoms with van der Waals surface area (Å²) in [6, 6.07) is 9.48. The van der Waals surface area contributed by atoms with Gasteiger partial charge in [0.1, 0.15) is 6.61 Å². The number of hydrogen-bond donors (Lipinski definition) is 0. The van der Waals surface area contributed by atoms with E-state index in [4.69, 9.17) is 0 Å². The first-order valence-corrected chi connectivity index (χ1v) is 8.17. The number of carbonyl (C=O) groups is 1. The molecule has 2 rings (SSSR count). The minimum absolute atomic E-state index is 0.134. The Labute approximate surface area is 137 Å². The van der Waals surface area contributed by atoms with E-state index in [0.29, 0.717) is 6.07 Å². The fraction of sp³-hybridized carbons (Fsp3) is 0.188. The summed E-state index contributed by atoms with van der Waals surface area (Å²) < 4.78 is 66.4. The Hall–Kier alpha value is -2.19. The number of hydrogen-bond acceptors (Lipinski definition) is 4. The smallest absolute Gasteiger partial charge is 0.291 e.